The van der Waals surface area contributed by atoms with Crippen LogP contribution in [0.2, 0.25) is 0 Å². The van der Waals surface area contributed by atoms with Crippen molar-refractivity contribution in [3.63, 3.8) is 0 Å². The van der Waals surface area contributed by atoms with Crippen LogP contribution in [0.15, 0.2) is 53.0 Å². The van der Waals surface area contributed by atoms with E-state index in [2.05, 4.69) is 33.1 Å². The number of hydrogen-bond acceptors (Lipinski definition) is 2. The van der Waals surface area contributed by atoms with Crippen molar-refractivity contribution in [2.24, 2.45) is 0 Å². The number of methoxy groups -OCH3 is 1. The summed E-state index contributed by atoms with van der Waals surface area (Å²) >= 11 is 3.49. The number of ether oxygens (including phenoxy) is 1. The third kappa shape index (κ3) is 4.04. The van der Waals surface area contributed by atoms with Gasteiger partial charge in [0.05, 0.1) is 19.3 Å². The molecule has 2 aromatic rings. The minimum Gasteiger partial charge on any atom is -0.497 e. The molecule has 0 aliphatic carbocycles. The zero-order valence-electron chi connectivity index (χ0n) is 10.6. The van der Waals surface area contributed by atoms with E-state index >= 15 is 0 Å². The van der Waals surface area contributed by atoms with E-state index < -0.39 is 0 Å². The van der Waals surface area contributed by atoms with E-state index in [4.69, 9.17) is 4.74 Å². The van der Waals surface area contributed by atoms with Crippen LogP contribution in [0.25, 0.3) is 0 Å². The zero-order valence-corrected chi connectivity index (χ0v) is 12.2. The van der Waals surface area contributed by atoms with Crippen LogP contribution in [0.5, 0.6) is 5.75 Å². The first-order chi connectivity index (χ1) is 9.29. The lowest BCUT2D eigenvalue weighted by Gasteiger charge is -2.07. The lowest BCUT2D eigenvalue weighted by Crippen LogP contribution is -1.99. The smallest absolute Gasteiger partial charge is 0.121 e. The highest BCUT2D eigenvalue weighted by Gasteiger charge is 2.00. The molecule has 0 spiro atoms. The Hall–Kier alpha value is -1.92. The Balaban J connectivity index is 1.98. The maximum atomic E-state index is 5.19. The molecule has 2 nitrogen and oxygen atoms in total. The van der Waals surface area contributed by atoms with Crippen molar-refractivity contribution in [1.82, 2.24) is 0 Å². The molecule has 0 unspecified atom stereocenters. The van der Waals surface area contributed by atoms with Gasteiger partial charge in [-0.3, -0.25) is 0 Å². The zero-order chi connectivity index (χ0) is 13.5. The third-order valence-corrected chi connectivity index (χ3v) is 3.24. The van der Waals surface area contributed by atoms with Crippen LogP contribution >= 0.6 is 15.9 Å². The molecule has 1 N–H and O–H groups in total. The Morgan fingerprint density at radius 1 is 1.16 bits per heavy atom. The lowest BCUT2D eigenvalue weighted by atomic mass is 10.2. The second-order valence-electron chi connectivity index (χ2n) is 3.87. The van der Waals surface area contributed by atoms with E-state index in [-0.39, 0.29) is 0 Å². The van der Waals surface area contributed by atoms with Gasteiger partial charge in [-0.1, -0.05) is 30.0 Å². The molecular weight excluding hydrogens is 302 g/mol. The molecule has 0 saturated carbocycles. The highest BCUT2D eigenvalue weighted by molar-refractivity contribution is 9.10. The van der Waals surface area contributed by atoms with Crippen molar-refractivity contribution in [1.29, 1.82) is 0 Å². The minimum absolute atomic E-state index is 0.584. The number of hydrogen-bond donors (Lipinski definition) is 1. The Morgan fingerprint density at radius 2 is 1.95 bits per heavy atom. The van der Waals surface area contributed by atoms with Crippen LogP contribution in [-0.4, -0.2) is 13.7 Å². The second kappa shape index (κ2) is 6.86. The first kappa shape index (κ1) is 13.5. The van der Waals surface area contributed by atoms with Gasteiger partial charge in [0.25, 0.3) is 0 Å². The molecule has 0 aromatic heterocycles. The average Bonchev–Trinajstić information content (AvgIpc) is 2.46. The monoisotopic (exact) mass is 315 g/mol. The standard InChI is InChI=1S/C16H14BrNO/c1-19-14-9-10-15(17)16(12-14)18-11-5-8-13-6-3-2-4-7-13/h2-4,6-7,9-10,12,18H,11H2,1H3. The number of halogens is 1. The molecule has 0 aliphatic rings. The number of nitrogens with one attached hydrogen (secondary N) is 1. The predicted molar refractivity (Wildman–Crippen MR) is 82.5 cm³/mol. The fourth-order valence-corrected chi connectivity index (χ4v) is 1.96. The molecule has 2 rings (SSSR count). The fourth-order valence-electron chi connectivity index (χ4n) is 1.57. The highest BCUT2D eigenvalue weighted by Crippen LogP contribution is 2.26. The Morgan fingerprint density at radius 3 is 2.68 bits per heavy atom. The van der Waals surface area contributed by atoms with Crippen LogP contribution in [-0.2, 0) is 0 Å². The predicted octanol–water partition coefficient (Wildman–Crippen LogP) is 3.92. The number of rotatable bonds is 3. The van der Waals surface area contributed by atoms with Crippen LogP contribution in [0.1, 0.15) is 5.56 Å². The normalized spacial score (nSPS) is 9.37. The topological polar surface area (TPSA) is 21.3 Å². The van der Waals surface area contributed by atoms with E-state index in [9.17, 15) is 0 Å². The Bertz CT molecular complexity index is 599. The van der Waals surface area contributed by atoms with Crippen molar-refractivity contribution in [2.75, 3.05) is 19.0 Å². The van der Waals surface area contributed by atoms with E-state index in [1.54, 1.807) is 7.11 Å². The molecule has 0 radical (unpaired) electrons. The second-order valence-corrected chi connectivity index (χ2v) is 4.72. The summed E-state index contributed by atoms with van der Waals surface area (Å²) in [7, 11) is 1.65. The molecule has 3 heteroatoms. The molecule has 19 heavy (non-hydrogen) atoms. The quantitative estimate of drug-likeness (QED) is 0.867. The van der Waals surface area contributed by atoms with Gasteiger partial charge in [-0.25, -0.2) is 0 Å². The maximum absolute atomic E-state index is 5.19. The van der Waals surface area contributed by atoms with Gasteiger partial charge < -0.3 is 10.1 Å². The maximum Gasteiger partial charge on any atom is 0.121 e. The largest absolute Gasteiger partial charge is 0.497 e. The van der Waals surface area contributed by atoms with Gasteiger partial charge in [0, 0.05) is 16.1 Å². The third-order valence-electron chi connectivity index (χ3n) is 2.55. The highest BCUT2D eigenvalue weighted by atomic mass is 79.9. The van der Waals surface area contributed by atoms with E-state index in [0.717, 1.165) is 21.5 Å². The van der Waals surface area contributed by atoms with E-state index in [1.165, 1.54) is 0 Å². The van der Waals surface area contributed by atoms with Gasteiger partial charge in [-0.2, -0.15) is 0 Å². The first-order valence-electron chi connectivity index (χ1n) is 5.91. The van der Waals surface area contributed by atoms with Crippen molar-refractivity contribution in [3.05, 3.63) is 58.6 Å². The van der Waals surface area contributed by atoms with Crippen LogP contribution in [0, 0.1) is 11.8 Å². The summed E-state index contributed by atoms with van der Waals surface area (Å²) in [5.41, 5.74) is 2.00. The minimum atomic E-state index is 0.584. The number of anilines is 1. The summed E-state index contributed by atoms with van der Waals surface area (Å²) in [5, 5.41) is 3.26. The van der Waals surface area contributed by atoms with Crippen LogP contribution < -0.4 is 10.1 Å². The van der Waals surface area contributed by atoms with Gasteiger partial charge in [0.1, 0.15) is 5.75 Å². The molecule has 0 saturated heterocycles. The average molecular weight is 316 g/mol. The van der Waals surface area contributed by atoms with Gasteiger partial charge in [0.2, 0.25) is 0 Å². The molecule has 0 bridgehead atoms. The van der Waals surface area contributed by atoms with Gasteiger partial charge in [-0.15, -0.1) is 0 Å². The van der Waals surface area contributed by atoms with Crippen LogP contribution in [0.4, 0.5) is 5.69 Å². The first-order valence-corrected chi connectivity index (χ1v) is 6.70. The van der Waals surface area contributed by atoms with Gasteiger partial charge in [-0.05, 0) is 40.2 Å². The molecule has 0 atom stereocenters. The van der Waals surface area contributed by atoms with Crippen molar-refractivity contribution in [3.8, 4) is 17.6 Å². The van der Waals surface area contributed by atoms with Gasteiger partial charge in [0.15, 0.2) is 0 Å². The van der Waals surface area contributed by atoms with Crippen molar-refractivity contribution >= 4 is 21.6 Å². The fraction of sp³-hybridized carbons (Fsp3) is 0.125. The summed E-state index contributed by atoms with van der Waals surface area (Å²) in [6.07, 6.45) is 0. The summed E-state index contributed by atoms with van der Waals surface area (Å²) < 4.78 is 6.18. The van der Waals surface area contributed by atoms with E-state index in [0.29, 0.717) is 6.54 Å². The Labute approximate surface area is 121 Å². The lowest BCUT2D eigenvalue weighted by molar-refractivity contribution is 0.415. The summed E-state index contributed by atoms with van der Waals surface area (Å²) in [5.74, 6) is 7.02. The van der Waals surface area contributed by atoms with Crippen molar-refractivity contribution < 1.29 is 4.74 Å². The number of benzene rings is 2. The van der Waals surface area contributed by atoms with Crippen LogP contribution in [0.3, 0.4) is 0 Å². The summed E-state index contributed by atoms with van der Waals surface area (Å²) in [6, 6.07) is 15.7. The SMILES string of the molecule is COc1ccc(Br)c(NCC#Cc2ccccc2)c1. The molecule has 0 fully saturated rings. The molecule has 0 heterocycles. The summed E-state index contributed by atoms with van der Waals surface area (Å²) in [6.45, 7) is 0.584. The van der Waals surface area contributed by atoms with Gasteiger partial charge >= 0.3 is 0 Å². The van der Waals surface area contributed by atoms with Crippen molar-refractivity contribution in [2.45, 2.75) is 0 Å². The molecular formula is C16H14BrNO. The summed E-state index contributed by atoms with van der Waals surface area (Å²) in [4.78, 5) is 0. The molecule has 0 amide bonds. The van der Waals surface area contributed by atoms with E-state index in [1.807, 2.05) is 48.5 Å². The molecule has 0 aliphatic heterocycles. The molecule has 96 valence electrons. The Kier molecular flexibility index (Phi) is 4.88. The molecule has 2 aromatic carbocycles.